The fraction of sp³-hybridized carbons (Fsp3) is 0.478. The van der Waals surface area contributed by atoms with Crippen LogP contribution in [0.25, 0.3) is 5.65 Å². The Bertz CT molecular complexity index is 1290. The topological polar surface area (TPSA) is 126 Å². The predicted molar refractivity (Wildman–Crippen MR) is 125 cm³/mol. The maximum absolute atomic E-state index is 13.2. The highest BCUT2D eigenvalue weighted by Gasteiger charge is 2.39. The van der Waals surface area contributed by atoms with E-state index < -0.39 is 23.7 Å². The van der Waals surface area contributed by atoms with Crippen molar-refractivity contribution in [1.82, 2.24) is 24.5 Å². The van der Waals surface area contributed by atoms with Crippen LogP contribution in [0.1, 0.15) is 55.4 Å². The molecule has 0 radical (unpaired) electrons. The Kier molecular flexibility index (Phi) is 5.51. The van der Waals surface area contributed by atoms with Gasteiger partial charge in [-0.15, -0.1) is 0 Å². The van der Waals surface area contributed by atoms with Gasteiger partial charge in [0, 0.05) is 31.8 Å². The minimum absolute atomic E-state index is 0.0182. The van der Waals surface area contributed by atoms with E-state index in [4.69, 9.17) is 0 Å². The second-order valence-corrected chi connectivity index (χ2v) is 9.39. The number of fused-ring (bicyclic) bond motifs is 1. The molecule has 0 aliphatic heterocycles. The first-order valence-electron chi connectivity index (χ1n) is 11.5. The van der Waals surface area contributed by atoms with Crippen LogP contribution in [0, 0.1) is 0 Å². The van der Waals surface area contributed by atoms with Crippen molar-refractivity contribution < 1.29 is 14.3 Å². The zero-order chi connectivity index (χ0) is 24.0. The van der Waals surface area contributed by atoms with Crippen LogP contribution in [-0.2, 0) is 0 Å². The first kappa shape index (κ1) is 22.3. The molecular formula is C23H28FN7O3. The van der Waals surface area contributed by atoms with Crippen molar-refractivity contribution in [2.45, 2.75) is 62.9 Å². The molecule has 3 heterocycles. The number of carbonyl (C=O) groups excluding carboxylic acids is 1. The summed E-state index contributed by atoms with van der Waals surface area (Å²) in [6.07, 6.45) is 5.18. The number of rotatable bonds is 6. The van der Waals surface area contributed by atoms with Gasteiger partial charge in [-0.1, -0.05) is 0 Å². The molecule has 5 rings (SSSR count). The van der Waals surface area contributed by atoms with E-state index in [1.54, 1.807) is 36.0 Å². The van der Waals surface area contributed by atoms with Crippen LogP contribution in [0.2, 0.25) is 0 Å². The van der Waals surface area contributed by atoms with Gasteiger partial charge in [-0.3, -0.25) is 9.59 Å². The summed E-state index contributed by atoms with van der Waals surface area (Å²) in [5, 5.41) is 23.2. The van der Waals surface area contributed by atoms with E-state index in [9.17, 15) is 19.1 Å². The number of carbonyl (C=O) groups is 1. The number of nitrogens with one attached hydrogen (secondary N) is 3. The fourth-order valence-corrected chi connectivity index (χ4v) is 4.46. The van der Waals surface area contributed by atoms with Crippen LogP contribution in [0.3, 0.4) is 0 Å². The van der Waals surface area contributed by atoms with Crippen LogP contribution in [0.5, 0.6) is 0 Å². The summed E-state index contributed by atoms with van der Waals surface area (Å²) in [6, 6.07) is 4.72. The van der Waals surface area contributed by atoms with Gasteiger partial charge in [0.25, 0.3) is 11.5 Å². The Labute approximate surface area is 195 Å². The van der Waals surface area contributed by atoms with Gasteiger partial charge in [-0.2, -0.15) is 9.61 Å². The third-order valence-electron chi connectivity index (χ3n) is 6.66. The second kappa shape index (κ2) is 8.39. The smallest absolute Gasteiger partial charge is 0.274 e. The Morgan fingerprint density at radius 1 is 1.32 bits per heavy atom. The van der Waals surface area contributed by atoms with Crippen molar-refractivity contribution in [2.75, 3.05) is 17.7 Å². The molecule has 2 atom stereocenters. The van der Waals surface area contributed by atoms with Crippen molar-refractivity contribution in [3.05, 3.63) is 46.5 Å². The Balaban J connectivity index is 1.44. The van der Waals surface area contributed by atoms with Gasteiger partial charge in [0.15, 0.2) is 5.65 Å². The summed E-state index contributed by atoms with van der Waals surface area (Å²) >= 11 is 0. The lowest BCUT2D eigenvalue weighted by molar-refractivity contribution is 0.00956. The zero-order valence-corrected chi connectivity index (χ0v) is 19.1. The number of hydrogen-bond donors (Lipinski definition) is 4. The van der Waals surface area contributed by atoms with E-state index >= 15 is 0 Å². The van der Waals surface area contributed by atoms with Crippen molar-refractivity contribution in [2.24, 2.45) is 0 Å². The van der Waals surface area contributed by atoms with Crippen molar-refractivity contribution >= 4 is 28.9 Å². The molecule has 0 bridgehead atoms. The Morgan fingerprint density at radius 2 is 2.06 bits per heavy atom. The first-order chi connectivity index (χ1) is 16.3. The molecule has 11 heteroatoms. The normalized spacial score (nSPS) is 26.3. The van der Waals surface area contributed by atoms with Crippen LogP contribution in [0.15, 0.2) is 35.4 Å². The van der Waals surface area contributed by atoms with E-state index in [0.717, 1.165) is 12.8 Å². The molecule has 3 aromatic heterocycles. The molecule has 1 amide bonds. The highest BCUT2D eigenvalue weighted by Crippen LogP contribution is 2.34. The third kappa shape index (κ3) is 4.23. The van der Waals surface area contributed by atoms with Crippen molar-refractivity contribution in [3.63, 3.8) is 0 Å². The molecule has 2 fully saturated rings. The van der Waals surface area contributed by atoms with Gasteiger partial charge in [0.2, 0.25) is 0 Å². The molecule has 10 nitrogen and oxygen atoms in total. The largest absolute Gasteiger partial charge is 0.390 e. The highest BCUT2D eigenvalue weighted by molar-refractivity contribution is 6.00. The zero-order valence-electron chi connectivity index (χ0n) is 19.1. The highest BCUT2D eigenvalue weighted by atomic mass is 19.1. The van der Waals surface area contributed by atoms with Gasteiger partial charge in [-0.25, -0.2) is 9.37 Å². The molecule has 2 saturated carbocycles. The molecule has 0 aromatic carbocycles. The number of aromatic nitrogens is 4. The summed E-state index contributed by atoms with van der Waals surface area (Å²) in [7, 11) is 1.71. The fourth-order valence-electron chi connectivity index (χ4n) is 4.46. The number of nitrogens with zero attached hydrogens (tertiary/aromatic N) is 4. The maximum atomic E-state index is 13.2. The second-order valence-electron chi connectivity index (χ2n) is 9.39. The van der Waals surface area contributed by atoms with E-state index in [-0.39, 0.29) is 22.8 Å². The Morgan fingerprint density at radius 3 is 2.74 bits per heavy atom. The number of halogens is 1. The van der Waals surface area contributed by atoms with E-state index in [0.29, 0.717) is 36.6 Å². The molecule has 3 aromatic rings. The van der Waals surface area contributed by atoms with Crippen molar-refractivity contribution in [1.29, 1.82) is 0 Å². The summed E-state index contributed by atoms with van der Waals surface area (Å²) in [5.74, 6) is 0.483. The summed E-state index contributed by atoms with van der Waals surface area (Å²) in [4.78, 5) is 30.4. The van der Waals surface area contributed by atoms with E-state index in [1.807, 2.05) is 6.92 Å². The van der Waals surface area contributed by atoms with Gasteiger partial charge in [0.1, 0.15) is 29.1 Å². The standard InChI is InChI=1S/C23H28FN7O3/c1-23(34)7-5-13(6-8-23)30-9-3-4-16(22(30)33)27-18-11-19(25-2)31-20(29-18)14(12-26-31)21(32)28-17-10-15(17)24/h3-4,9,11-13,15,17,25,34H,5-8,10H2,1-2H3,(H,27,29)(H,28,32)/t13-,15-,17+,23-/m1/s1. The third-order valence-corrected chi connectivity index (χ3v) is 6.66. The van der Waals surface area contributed by atoms with Crippen LogP contribution in [0.4, 0.5) is 21.7 Å². The molecule has 0 unspecified atom stereocenters. The average molecular weight is 470 g/mol. The number of hydrogen-bond acceptors (Lipinski definition) is 7. The van der Waals surface area contributed by atoms with Gasteiger partial charge in [-0.05, 0) is 44.7 Å². The molecular weight excluding hydrogens is 441 g/mol. The molecule has 180 valence electrons. The minimum atomic E-state index is -1.01. The summed E-state index contributed by atoms with van der Waals surface area (Å²) in [6.45, 7) is 1.83. The Hall–Kier alpha value is -3.47. The number of alkyl halides is 1. The first-order valence-corrected chi connectivity index (χ1v) is 11.5. The molecule has 34 heavy (non-hydrogen) atoms. The molecule has 2 aliphatic carbocycles. The lowest BCUT2D eigenvalue weighted by Gasteiger charge is -2.34. The minimum Gasteiger partial charge on any atom is -0.390 e. The molecule has 0 saturated heterocycles. The number of pyridine rings is 1. The van der Waals surface area contributed by atoms with E-state index in [1.165, 1.54) is 10.7 Å². The maximum Gasteiger partial charge on any atom is 0.274 e. The van der Waals surface area contributed by atoms with Crippen LogP contribution >= 0.6 is 0 Å². The lowest BCUT2D eigenvalue weighted by atomic mass is 9.83. The van der Waals surface area contributed by atoms with Crippen LogP contribution in [-0.4, -0.2) is 55.0 Å². The van der Waals surface area contributed by atoms with Crippen LogP contribution < -0.4 is 21.5 Å². The summed E-state index contributed by atoms with van der Waals surface area (Å²) < 4.78 is 16.4. The SMILES string of the molecule is CNc1cc(Nc2cccn([C@H]3CC[C@](C)(O)CC3)c2=O)nc2c(C(=O)N[C@H]3C[C@H]3F)cnn12. The number of amides is 1. The predicted octanol–water partition coefficient (Wildman–Crippen LogP) is 2.38. The molecule has 0 spiro atoms. The monoisotopic (exact) mass is 469 g/mol. The number of anilines is 3. The van der Waals surface area contributed by atoms with E-state index in [2.05, 4.69) is 26.0 Å². The molecule has 2 aliphatic rings. The summed E-state index contributed by atoms with van der Waals surface area (Å²) in [5.41, 5.74) is -0.00953. The quantitative estimate of drug-likeness (QED) is 0.437. The average Bonchev–Trinajstić information content (AvgIpc) is 3.32. The van der Waals surface area contributed by atoms with Gasteiger partial charge in [0.05, 0.1) is 17.8 Å². The number of aliphatic hydroxyl groups is 1. The van der Waals surface area contributed by atoms with Gasteiger partial charge < -0.3 is 25.6 Å². The lowest BCUT2D eigenvalue weighted by Crippen LogP contribution is -2.35. The van der Waals surface area contributed by atoms with Crippen molar-refractivity contribution in [3.8, 4) is 0 Å². The van der Waals surface area contributed by atoms with Gasteiger partial charge >= 0.3 is 0 Å². The molecule has 4 N–H and O–H groups in total.